The van der Waals surface area contributed by atoms with E-state index in [1.54, 1.807) is 0 Å². The van der Waals surface area contributed by atoms with Crippen LogP contribution in [0.5, 0.6) is 0 Å². The summed E-state index contributed by atoms with van der Waals surface area (Å²) in [6, 6.07) is 0. The minimum atomic E-state index is 0.427. The van der Waals surface area contributed by atoms with E-state index in [1.165, 1.54) is 0 Å². The highest BCUT2D eigenvalue weighted by Gasteiger charge is 1.88. The zero-order chi connectivity index (χ0) is 4.28. The van der Waals surface area contributed by atoms with Gasteiger partial charge in [0.2, 0.25) is 0 Å². The molecular weight excluding hydrogens is 82.1 g/mol. The lowest BCUT2D eigenvalue weighted by Gasteiger charge is -1.83. The Balaban J connectivity index is 2.54. The maximum Gasteiger partial charge on any atom is 0.117 e. The van der Waals surface area contributed by atoms with Gasteiger partial charge in [0.15, 0.2) is 0 Å². The molecule has 0 aliphatic rings. The molecule has 32 valence electrons. The van der Waals surface area contributed by atoms with E-state index in [2.05, 4.69) is 17.2 Å². The van der Waals surface area contributed by atoms with E-state index in [0.29, 0.717) is 11.1 Å². The van der Waals surface area contributed by atoms with Gasteiger partial charge in [-0.1, -0.05) is 0 Å². The smallest absolute Gasteiger partial charge is 0.117 e. The van der Waals surface area contributed by atoms with Crippen LogP contribution in [-0.2, 0) is 11.1 Å². The fraction of sp³-hybridized carbons (Fsp3) is 1.00. The Kier molecular flexibility index (Phi) is 2.70. The van der Waals surface area contributed by atoms with Gasteiger partial charge in [0.25, 0.3) is 0 Å². The average molecular weight is 92.2 g/mol. The third kappa shape index (κ3) is 4.31. The van der Waals surface area contributed by atoms with Crippen LogP contribution in [0.3, 0.4) is 0 Å². The number of rotatable bonds is 1. The Labute approximate surface area is 36.2 Å². The Morgan fingerprint density at radius 3 is 1.60 bits per heavy atom. The van der Waals surface area contributed by atoms with E-state index < -0.39 is 0 Å². The summed E-state index contributed by atoms with van der Waals surface area (Å²) in [5.74, 6) is 0. The van der Waals surface area contributed by atoms with Crippen molar-refractivity contribution >= 4 is 11.1 Å². The topological polar surface area (TPSA) is 12.0 Å². The van der Waals surface area contributed by atoms with Gasteiger partial charge in [-0.2, -0.15) is 0 Å². The molecule has 0 radical (unpaired) electrons. The molecule has 0 atom stereocenters. The second-order valence-corrected chi connectivity index (χ2v) is 3.06. The zero-order valence-electron chi connectivity index (χ0n) is 3.91. The van der Waals surface area contributed by atoms with Gasteiger partial charge in [-0.05, 0) is 0 Å². The number of hydrogen-bond donors (Lipinski definition) is 1. The molecule has 0 rings (SSSR count). The van der Waals surface area contributed by atoms with E-state index >= 15 is 0 Å². The van der Waals surface area contributed by atoms with Gasteiger partial charge in [0.1, 0.15) is 12.5 Å². The van der Waals surface area contributed by atoms with Crippen LogP contribution in [0.15, 0.2) is 0 Å². The molecule has 0 spiro atoms. The van der Waals surface area contributed by atoms with Crippen LogP contribution < -0.4 is 4.72 Å². The molecule has 0 unspecified atom stereocenters. The third-order valence-electron chi connectivity index (χ3n) is 0.408. The van der Waals surface area contributed by atoms with Gasteiger partial charge in [0, 0.05) is 7.05 Å². The first-order valence-corrected chi connectivity index (χ1v) is 3.56. The summed E-state index contributed by atoms with van der Waals surface area (Å²) >= 11 is 0.427. The maximum atomic E-state index is 3.06. The van der Waals surface area contributed by atoms with Crippen molar-refractivity contribution < 1.29 is 0 Å². The molecule has 0 bridgehead atoms. The van der Waals surface area contributed by atoms with E-state index in [9.17, 15) is 0 Å². The Hall–Kier alpha value is 0.310. The summed E-state index contributed by atoms with van der Waals surface area (Å²) in [7, 11) is 1.96. The van der Waals surface area contributed by atoms with Crippen molar-refractivity contribution in [1.82, 2.24) is 4.72 Å². The van der Waals surface area contributed by atoms with Gasteiger partial charge in [-0.25, -0.2) is 0 Å². The summed E-state index contributed by atoms with van der Waals surface area (Å²) < 4.78 is 3.06. The largest absolute Gasteiger partial charge is 0.142 e. The van der Waals surface area contributed by atoms with E-state index in [4.69, 9.17) is 0 Å². The molecule has 2 heteroatoms. The van der Waals surface area contributed by atoms with Crippen LogP contribution in [0.1, 0.15) is 0 Å². The lowest BCUT2D eigenvalue weighted by molar-refractivity contribution is 1.28. The van der Waals surface area contributed by atoms with Gasteiger partial charge in [-0.15, -0.1) is 4.72 Å². The van der Waals surface area contributed by atoms with Crippen molar-refractivity contribution in [2.45, 2.75) is 0 Å². The molecule has 0 aromatic carbocycles. The van der Waals surface area contributed by atoms with Crippen LogP contribution in [0.2, 0.25) is 0 Å². The SMILES string of the molecule is CN[S+](C)C. The number of nitrogens with one attached hydrogen (secondary N) is 1. The predicted octanol–water partition coefficient (Wildman–Crippen LogP) is -0.00130. The molecule has 1 nitrogen and oxygen atoms in total. The van der Waals surface area contributed by atoms with Crippen molar-refractivity contribution in [3.05, 3.63) is 0 Å². The molecule has 0 aromatic heterocycles. The van der Waals surface area contributed by atoms with E-state index in [-0.39, 0.29) is 0 Å². The summed E-state index contributed by atoms with van der Waals surface area (Å²) in [6.07, 6.45) is 4.28. The van der Waals surface area contributed by atoms with Crippen molar-refractivity contribution in [1.29, 1.82) is 0 Å². The lowest BCUT2D eigenvalue weighted by Crippen LogP contribution is -2.14. The van der Waals surface area contributed by atoms with Gasteiger partial charge < -0.3 is 0 Å². The highest BCUT2D eigenvalue weighted by molar-refractivity contribution is 7.93. The fourth-order valence-electron chi connectivity index (χ4n) is 0. The molecule has 0 saturated carbocycles. The molecule has 0 saturated heterocycles. The third-order valence-corrected chi connectivity index (χ3v) is 1.22. The highest BCUT2D eigenvalue weighted by atomic mass is 32.2. The normalized spacial score (nSPS) is 9.60. The molecule has 0 aromatic rings. The predicted molar refractivity (Wildman–Crippen MR) is 28.3 cm³/mol. The van der Waals surface area contributed by atoms with Crippen molar-refractivity contribution in [2.24, 2.45) is 0 Å². The lowest BCUT2D eigenvalue weighted by atomic mass is 11.6. The monoisotopic (exact) mass is 92.1 g/mol. The van der Waals surface area contributed by atoms with Crippen LogP contribution in [-0.4, -0.2) is 19.6 Å². The van der Waals surface area contributed by atoms with Crippen molar-refractivity contribution in [3.63, 3.8) is 0 Å². The summed E-state index contributed by atoms with van der Waals surface area (Å²) in [6.45, 7) is 0. The summed E-state index contributed by atoms with van der Waals surface area (Å²) in [5.41, 5.74) is 0. The Bertz CT molecular complexity index is 20.9. The molecule has 0 amide bonds. The fourth-order valence-corrected chi connectivity index (χ4v) is 0. The minimum Gasteiger partial charge on any atom is -0.142 e. The highest BCUT2D eigenvalue weighted by Crippen LogP contribution is 1.64. The average Bonchev–Trinajstić information content (AvgIpc) is 1.38. The molecule has 1 N–H and O–H groups in total. The minimum absolute atomic E-state index is 0.427. The van der Waals surface area contributed by atoms with Gasteiger partial charge >= 0.3 is 0 Å². The van der Waals surface area contributed by atoms with Crippen molar-refractivity contribution in [2.75, 3.05) is 19.6 Å². The molecular formula is C3H10NS+. The standard InChI is InChI=1S/C3H10NS/c1-4-5(2)3/h4H,1-3H3/q+1. The molecule has 5 heavy (non-hydrogen) atoms. The molecule has 0 aliphatic heterocycles. The Morgan fingerprint density at radius 2 is 1.60 bits per heavy atom. The van der Waals surface area contributed by atoms with E-state index in [1.807, 2.05) is 7.05 Å². The molecule has 0 heterocycles. The van der Waals surface area contributed by atoms with Crippen LogP contribution in [0.25, 0.3) is 0 Å². The molecule has 0 aliphatic carbocycles. The maximum absolute atomic E-state index is 3.06. The van der Waals surface area contributed by atoms with Crippen LogP contribution >= 0.6 is 0 Å². The van der Waals surface area contributed by atoms with Crippen LogP contribution in [0, 0.1) is 0 Å². The number of hydrogen-bond acceptors (Lipinski definition) is 1. The summed E-state index contributed by atoms with van der Waals surface area (Å²) in [4.78, 5) is 0. The first kappa shape index (κ1) is 5.31. The van der Waals surface area contributed by atoms with Gasteiger partial charge in [0.05, 0.1) is 11.1 Å². The first-order chi connectivity index (χ1) is 2.27. The first-order valence-electron chi connectivity index (χ1n) is 1.52. The quantitative estimate of drug-likeness (QED) is 0.449. The van der Waals surface area contributed by atoms with Crippen LogP contribution in [0.4, 0.5) is 0 Å². The van der Waals surface area contributed by atoms with Gasteiger partial charge in [-0.3, -0.25) is 0 Å². The second-order valence-electron chi connectivity index (χ2n) is 1.02. The van der Waals surface area contributed by atoms with Crippen molar-refractivity contribution in [3.8, 4) is 0 Å². The molecule has 0 fully saturated rings. The summed E-state index contributed by atoms with van der Waals surface area (Å²) in [5, 5.41) is 0. The second kappa shape index (κ2) is 2.54. The Morgan fingerprint density at radius 1 is 1.40 bits per heavy atom. The van der Waals surface area contributed by atoms with E-state index in [0.717, 1.165) is 0 Å². The zero-order valence-corrected chi connectivity index (χ0v) is 4.72.